The van der Waals surface area contributed by atoms with E-state index in [-0.39, 0.29) is 5.54 Å². The van der Waals surface area contributed by atoms with Crippen molar-refractivity contribution in [1.29, 1.82) is 0 Å². The van der Waals surface area contributed by atoms with Crippen molar-refractivity contribution in [3.05, 3.63) is 65.1 Å². The summed E-state index contributed by atoms with van der Waals surface area (Å²) in [6.45, 7) is 8.37. The van der Waals surface area contributed by atoms with E-state index in [1.807, 2.05) is 37.3 Å². The van der Waals surface area contributed by atoms with Crippen LogP contribution in [0.25, 0.3) is 28.5 Å². The predicted octanol–water partition coefficient (Wildman–Crippen LogP) is 6.16. The van der Waals surface area contributed by atoms with Crippen molar-refractivity contribution in [2.75, 3.05) is 12.4 Å². The van der Waals surface area contributed by atoms with Gasteiger partial charge < -0.3 is 19.3 Å². The number of aromatic nitrogens is 1. The number of ether oxygens (including phenoxy) is 2. The van der Waals surface area contributed by atoms with Crippen LogP contribution in [0.5, 0.6) is 11.5 Å². The lowest BCUT2D eigenvalue weighted by Crippen LogP contribution is -2.32. The topological polar surface area (TPSA) is 56.5 Å². The van der Waals surface area contributed by atoms with Gasteiger partial charge >= 0.3 is 0 Å². The maximum Gasteiger partial charge on any atom is 0.139 e. The molecule has 0 saturated heterocycles. The summed E-state index contributed by atoms with van der Waals surface area (Å²) in [5.74, 6) is 3.05. The first-order valence-corrected chi connectivity index (χ1v) is 10.0. The van der Waals surface area contributed by atoms with Gasteiger partial charge in [-0.05, 0) is 51.5 Å². The molecule has 0 spiro atoms. The Bertz CT molecular complexity index is 1230. The van der Waals surface area contributed by atoms with Gasteiger partial charge in [0.2, 0.25) is 0 Å². The summed E-state index contributed by atoms with van der Waals surface area (Å²) in [7, 11) is 1.69. The Morgan fingerprint density at radius 1 is 1.07 bits per heavy atom. The van der Waals surface area contributed by atoms with E-state index in [0.29, 0.717) is 0 Å². The summed E-state index contributed by atoms with van der Waals surface area (Å²) >= 11 is 0. The highest BCUT2D eigenvalue weighted by Gasteiger charge is 2.32. The Kier molecular flexibility index (Phi) is 4.03. The standard InChI is InChI=1S/C25H24N2O3/c1-14-13-25(3,4)26-18-10-9-17-23-19(28-5)7-6-8-20(23)29-21(24(17)22(14)18)12-16-11-15(2)30-27-16/h6-13,26H,1-5H3/b21-12+. The molecule has 0 bridgehead atoms. The second-order valence-electron chi connectivity index (χ2n) is 8.39. The molecule has 3 aromatic rings. The monoisotopic (exact) mass is 400 g/mol. The van der Waals surface area contributed by atoms with E-state index in [2.05, 4.69) is 49.5 Å². The first-order chi connectivity index (χ1) is 14.4. The molecule has 3 heterocycles. The van der Waals surface area contributed by atoms with Crippen molar-refractivity contribution < 1.29 is 14.0 Å². The average Bonchev–Trinajstić information content (AvgIpc) is 3.10. The van der Waals surface area contributed by atoms with Crippen LogP contribution in [0.4, 0.5) is 5.69 Å². The maximum absolute atomic E-state index is 6.42. The van der Waals surface area contributed by atoms with Gasteiger partial charge in [0, 0.05) is 34.5 Å². The Morgan fingerprint density at radius 2 is 1.90 bits per heavy atom. The van der Waals surface area contributed by atoms with Crippen LogP contribution in [-0.2, 0) is 0 Å². The molecule has 2 aliphatic heterocycles. The van der Waals surface area contributed by atoms with Crippen LogP contribution in [0.15, 0.2) is 47.0 Å². The summed E-state index contributed by atoms with van der Waals surface area (Å²) < 4.78 is 17.4. The molecule has 2 aliphatic rings. The van der Waals surface area contributed by atoms with Crippen LogP contribution >= 0.6 is 0 Å². The number of hydrogen-bond donors (Lipinski definition) is 1. The van der Waals surface area contributed by atoms with Crippen molar-refractivity contribution in [1.82, 2.24) is 5.16 Å². The van der Waals surface area contributed by atoms with Crippen molar-refractivity contribution in [2.24, 2.45) is 0 Å². The number of benzene rings is 2. The van der Waals surface area contributed by atoms with E-state index in [1.165, 1.54) is 5.57 Å². The number of nitrogens with zero attached hydrogens (tertiary/aromatic N) is 1. The van der Waals surface area contributed by atoms with Crippen LogP contribution in [0.1, 0.15) is 43.4 Å². The van der Waals surface area contributed by atoms with Crippen molar-refractivity contribution in [3.63, 3.8) is 0 Å². The third-order valence-electron chi connectivity index (χ3n) is 5.50. The predicted molar refractivity (Wildman–Crippen MR) is 120 cm³/mol. The van der Waals surface area contributed by atoms with Crippen LogP contribution in [0.3, 0.4) is 0 Å². The van der Waals surface area contributed by atoms with Crippen LogP contribution in [0, 0.1) is 6.92 Å². The lowest BCUT2D eigenvalue weighted by atomic mass is 9.83. The average molecular weight is 400 g/mol. The molecule has 0 saturated carbocycles. The highest BCUT2D eigenvalue weighted by molar-refractivity contribution is 6.01. The van der Waals surface area contributed by atoms with E-state index in [1.54, 1.807) is 7.11 Å². The molecule has 0 amide bonds. The van der Waals surface area contributed by atoms with Gasteiger partial charge in [0.1, 0.15) is 28.7 Å². The zero-order chi connectivity index (χ0) is 21.0. The minimum absolute atomic E-state index is 0.121. The van der Waals surface area contributed by atoms with E-state index in [4.69, 9.17) is 14.0 Å². The molecule has 0 aliphatic carbocycles. The Hall–Kier alpha value is -3.47. The fourth-order valence-electron chi connectivity index (χ4n) is 4.47. The lowest BCUT2D eigenvalue weighted by Gasteiger charge is -2.35. The molecular formula is C25H24N2O3. The second-order valence-corrected chi connectivity index (χ2v) is 8.39. The second kappa shape index (κ2) is 6.52. The van der Waals surface area contributed by atoms with Crippen LogP contribution < -0.4 is 14.8 Å². The number of allylic oxidation sites excluding steroid dienone is 1. The number of hydrogen-bond acceptors (Lipinski definition) is 5. The lowest BCUT2D eigenvalue weighted by molar-refractivity contribution is 0.396. The van der Waals surface area contributed by atoms with Gasteiger partial charge in [-0.15, -0.1) is 0 Å². The number of aryl methyl sites for hydroxylation is 1. The normalized spacial score (nSPS) is 17.2. The van der Waals surface area contributed by atoms with Gasteiger partial charge in [0.05, 0.1) is 18.2 Å². The van der Waals surface area contributed by atoms with Crippen LogP contribution in [0.2, 0.25) is 0 Å². The van der Waals surface area contributed by atoms with Crippen LogP contribution in [-0.4, -0.2) is 17.8 Å². The van der Waals surface area contributed by atoms with Crippen molar-refractivity contribution in [3.8, 4) is 22.6 Å². The quantitative estimate of drug-likeness (QED) is 0.558. The molecule has 0 unspecified atom stereocenters. The summed E-state index contributed by atoms with van der Waals surface area (Å²) in [6.07, 6.45) is 4.19. The minimum atomic E-state index is -0.121. The zero-order valence-corrected chi connectivity index (χ0v) is 17.8. The summed E-state index contributed by atoms with van der Waals surface area (Å²) in [6, 6.07) is 12.1. The molecule has 2 aromatic carbocycles. The third-order valence-corrected chi connectivity index (χ3v) is 5.50. The maximum atomic E-state index is 6.42. The highest BCUT2D eigenvalue weighted by Crippen LogP contribution is 2.51. The number of nitrogens with one attached hydrogen (secondary N) is 1. The first-order valence-electron chi connectivity index (χ1n) is 10.0. The molecule has 5 nitrogen and oxygen atoms in total. The van der Waals surface area contributed by atoms with Crippen molar-refractivity contribution >= 4 is 23.1 Å². The van der Waals surface area contributed by atoms with E-state index in [9.17, 15) is 0 Å². The highest BCUT2D eigenvalue weighted by atomic mass is 16.5. The molecule has 0 radical (unpaired) electrons. The molecule has 5 rings (SSSR count). The largest absolute Gasteiger partial charge is 0.496 e. The molecule has 0 atom stereocenters. The summed E-state index contributed by atoms with van der Waals surface area (Å²) in [4.78, 5) is 0. The Balaban J connectivity index is 1.82. The van der Waals surface area contributed by atoms with Gasteiger partial charge in [-0.2, -0.15) is 0 Å². The first kappa shape index (κ1) is 18.6. The molecular weight excluding hydrogens is 376 g/mol. The van der Waals surface area contributed by atoms with Gasteiger partial charge in [-0.1, -0.05) is 23.4 Å². The van der Waals surface area contributed by atoms with Gasteiger partial charge in [-0.25, -0.2) is 0 Å². The molecule has 0 fully saturated rings. The SMILES string of the molecule is COc1cccc2c1-c1ccc3c(c1/C(=C\c1cc(C)on1)O2)C(C)=CC(C)(C)N3. The minimum Gasteiger partial charge on any atom is -0.496 e. The summed E-state index contributed by atoms with van der Waals surface area (Å²) in [5.41, 5.74) is 7.10. The fourth-order valence-corrected chi connectivity index (χ4v) is 4.47. The van der Waals surface area contributed by atoms with E-state index in [0.717, 1.165) is 56.7 Å². The van der Waals surface area contributed by atoms with E-state index < -0.39 is 0 Å². The fraction of sp³-hybridized carbons (Fsp3) is 0.240. The molecule has 5 heteroatoms. The molecule has 1 aromatic heterocycles. The number of anilines is 1. The number of methoxy groups -OCH3 is 1. The van der Waals surface area contributed by atoms with Gasteiger partial charge in [0.15, 0.2) is 0 Å². The third kappa shape index (κ3) is 2.89. The molecule has 1 N–H and O–H groups in total. The smallest absolute Gasteiger partial charge is 0.139 e. The van der Waals surface area contributed by atoms with Crippen molar-refractivity contribution in [2.45, 2.75) is 33.2 Å². The number of fused-ring (bicyclic) bond motifs is 5. The Morgan fingerprint density at radius 3 is 2.63 bits per heavy atom. The number of rotatable bonds is 2. The van der Waals surface area contributed by atoms with Gasteiger partial charge in [-0.3, -0.25) is 0 Å². The zero-order valence-electron chi connectivity index (χ0n) is 17.8. The van der Waals surface area contributed by atoms with Gasteiger partial charge in [0.25, 0.3) is 0 Å². The Labute approximate surface area is 176 Å². The summed E-state index contributed by atoms with van der Waals surface area (Å²) in [5, 5.41) is 7.77. The van der Waals surface area contributed by atoms with E-state index >= 15 is 0 Å². The molecule has 152 valence electrons. The molecule has 30 heavy (non-hydrogen) atoms.